The molecule has 0 fully saturated rings. The van der Waals surface area contributed by atoms with E-state index in [9.17, 15) is 0 Å². The highest BCUT2D eigenvalue weighted by molar-refractivity contribution is 6.07. The zero-order valence-electron chi connectivity index (χ0n) is 32.1. The molecule has 2 aliphatic rings. The van der Waals surface area contributed by atoms with E-state index < -0.39 is 0 Å². The van der Waals surface area contributed by atoms with Gasteiger partial charge in [0, 0.05) is 27.5 Å². The van der Waals surface area contributed by atoms with E-state index in [1.165, 1.54) is 71.8 Å². The molecule has 0 saturated carbocycles. The summed E-state index contributed by atoms with van der Waals surface area (Å²) in [5, 5.41) is 4.96. The van der Waals surface area contributed by atoms with Crippen LogP contribution in [0.4, 0.5) is 0 Å². The zero-order chi connectivity index (χ0) is 37.8. The quantitative estimate of drug-likeness (QED) is 0.181. The molecule has 2 aliphatic carbocycles. The molecule has 0 bridgehead atoms. The molecule has 11 rings (SSSR count). The van der Waals surface area contributed by atoms with Crippen LogP contribution in [0.3, 0.4) is 0 Å². The van der Waals surface area contributed by atoms with Gasteiger partial charge < -0.3 is 0 Å². The molecule has 0 atom stereocenters. The topological polar surface area (TPSA) is 25.8 Å². The Morgan fingerprint density at radius 2 is 0.893 bits per heavy atom. The second-order valence-electron chi connectivity index (χ2n) is 16.5. The minimum absolute atomic E-state index is 0.104. The van der Waals surface area contributed by atoms with E-state index in [-0.39, 0.29) is 10.8 Å². The lowest BCUT2D eigenvalue weighted by atomic mass is 9.77. The number of hydrogen-bond donors (Lipinski definition) is 0. The Morgan fingerprint density at radius 1 is 0.339 bits per heavy atom. The molecule has 0 N–H and O–H groups in total. The van der Waals surface area contributed by atoms with E-state index in [0.29, 0.717) is 0 Å². The Bertz CT molecular complexity index is 3080. The number of aromatic nitrogens is 2. The summed E-state index contributed by atoms with van der Waals surface area (Å²) >= 11 is 0. The van der Waals surface area contributed by atoms with Crippen LogP contribution in [0.5, 0.6) is 0 Å². The predicted molar refractivity (Wildman–Crippen MR) is 234 cm³/mol. The average molecular weight is 717 g/mol. The van der Waals surface area contributed by atoms with E-state index in [2.05, 4.69) is 198 Å². The monoisotopic (exact) mass is 716 g/mol. The van der Waals surface area contributed by atoms with Gasteiger partial charge in [0.1, 0.15) is 0 Å². The molecule has 0 saturated heterocycles. The fourth-order valence-corrected chi connectivity index (χ4v) is 10.0. The van der Waals surface area contributed by atoms with Crippen LogP contribution in [0, 0.1) is 0 Å². The highest BCUT2D eigenvalue weighted by Crippen LogP contribution is 2.55. The van der Waals surface area contributed by atoms with Gasteiger partial charge in [-0.2, -0.15) is 0 Å². The van der Waals surface area contributed by atoms with E-state index >= 15 is 0 Å². The van der Waals surface area contributed by atoms with Crippen molar-refractivity contribution in [2.45, 2.75) is 38.5 Å². The molecule has 0 aliphatic heterocycles. The Morgan fingerprint density at radius 3 is 1.70 bits per heavy atom. The fourth-order valence-electron chi connectivity index (χ4n) is 10.0. The number of nitrogens with zero attached hydrogens (tertiary/aromatic N) is 2. The van der Waals surface area contributed by atoms with Gasteiger partial charge in [0.05, 0.1) is 11.4 Å². The maximum atomic E-state index is 5.40. The lowest BCUT2D eigenvalue weighted by Crippen LogP contribution is -2.17. The van der Waals surface area contributed by atoms with Crippen LogP contribution < -0.4 is 0 Å². The third-order valence-corrected chi connectivity index (χ3v) is 12.7. The van der Waals surface area contributed by atoms with Gasteiger partial charge in [-0.1, -0.05) is 179 Å². The molecule has 8 aromatic carbocycles. The van der Waals surface area contributed by atoms with Crippen molar-refractivity contribution in [2.24, 2.45) is 0 Å². The Hall–Kier alpha value is -6.64. The first-order chi connectivity index (χ1) is 27.3. The van der Waals surface area contributed by atoms with Gasteiger partial charge in [-0.25, -0.2) is 9.97 Å². The van der Waals surface area contributed by atoms with Crippen molar-refractivity contribution in [1.82, 2.24) is 9.97 Å². The van der Waals surface area contributed by atoms with Gasteiger partial charge >= 0.3 is 0 Å². The summed E-state index contributed by atoms with van der Waals surface area (Å²) < 4.78 is 0. The molecule has 0 radical (unpaired) electrons. The third kappa shape index (κ3) is 4.69. The fraction of sp³-hybridized carbons (Fsp3) is 0.111. The van der Waals surface area contributed by atoms with Crippen LogP contribution in [-0.2, 0) is 10.8 Å². The van der Waals surface area contributed by atoms with Crippen LogP contribution in [0.2, 0.25) is 0 Å². The van der Waals surface area contributed by atoms with Crippen molar-refractivity contribution in [3.63, 3.8) is 0 Å². The number of fused-ring (bicyclic) bond motifs is 9. The molecule has 0 spiro atoms. The maximum Gasteiger partial charge on any atom is 0.161 e. The summed E-state index contributed by atoms with van der Waals surface area (Å²) in [5.74, 6) is 0.727. The van der Waals surface area contributed by atoms with Gasteiger partial charge in [-0.15, -0.1) is 0 Å². The van der Waals surface area contributed by atoms with Gasteiger partial charge in [0.15, 0.2) is 5.82 Å². The van der Waals surface area contributed by atoms with Crippen molar-refractivity contribution in [1.29, 1.82) is 0 Å². The van der Waals surface area contributed by atoms with Crippen molar-refractivity contribution in [3.8, 4) is 67.3 Å². The SMILES string of the molecule is CC1(C)c2ccccc2-c2ccc(-c3cc(-c4ccccc4)nc(-c4ccc(-c5cccc6c5C(C)(C)c5c-6ccc6ccccc56)c5ccccc45)n3)cc21. The highest BCUT2D eigenvalue weighted by Gasteiger charge is 2.39. The van der Waals surface area contributed by atoms with E-state index in [1.807, 2.05) is 0 Å². The van der Waals surface area contributed by atoms with Crippen LogP contribution >= 0.6 is 0 Å². The largest absolute Gasteiger partial charge is 0.228 e. The highest BCUT2D eigenvalue weighted by atomic mass is 14.9. The van der Waals surface area contributed by atoms with Gasteiger partial charge in [-0.3, -0.25) is 0 Å². The number of rotatable bonds is 4. The van der Waals surface area contributed by atoms with E-state index in [0.717, 1.165) is 39.3 Å². The summed E-state index contributed by atoms with van der Waals surface area (Å²) in [4.78, 5) is 10.7. The minimum Gasteiger partial charge on any atom is -0.228 e. The van der Waals surface area contributed by atoms with Crippen LogP contribution in [0.25, 0.3) is 88.8 Å². The summed E-state index contributed by atoms with van der Waals surface area (Å²) in [6.07, 6.45) is 0. The molecule has 2 heteroatoms. The Balaban J connectivity index is 1.09. The molecule has 0 unspecified atom stereocenters. The third-order valence-electron chi connectivity index (χ3n) is 12.7. The smallest absolute Gasteiger partial charge is 0.161 e. The molecular formula is C54H40N2. The number of hydrogen-bond acceptors (Lipinski definition) is 2. The molecular weight excluding hydrogens is 677 g/mol. The zero-order valence-corrected chi connectivity index (χ0v) is 32.1. The van der Waals surface area contributed by atoms with Crippen molar-refractivity contribution >= 4 is 21.5 Å². The Labute approximate surface area is 328 Å². The average Bonchev–Trinajstić information content (AvgIpc) is 3.63. The summed E-state index contributed by atoms with van der Waals surface area (Å²) in [6, 6.07) is 61.9. The second-order valence-corrected chi connectivity index (χ2v) is 16.5. The number of benzene rings is 8. The lowest BCUT2D eigenvalue weighted by molar-refractivity contribution is 0.660. The van der Waals surface area contributed by atoms with Crippen molar-refractivity contribution in [3.05, 3.63) is 192 Å². The summed E-state index contributed by atoms with van der Waals surface area (Å²) in [6.45, 7) is 9.46. The first-order valence-electron chi connectivity index (χ1n) is 19.7. The summed E-state index contributed by atoms with van der Waals surface area (Å²) in [5.41, 5.74) is 18.0. The first kappa shape index (κ1) is 32.8. The maximum absolute atomic E-state index is 5.40. The van der Waals surface area contributed by atoms with Crippen LogP contribution in [0.15, 0.2) is 170 Å². The van der Waals surface area contributed by atoms with E-state index in [1.54, 1.807) is 0 Å². The Kier molecular flexibility index (Phi) is 6.98. The van der Waals surface area contributed by atoms with Crippen molar-refractivity contribution < 1.29 is 0 Å². The first-order valence-corrected chi connectivity index (χ1v) is 19.7. The van der Waals surface area contributed by atoms with Gasteiger partial charge in [-0.05, 0) is 95.4 Å². The van der Waals surface area contributed by atoms with Crippen LogP contribution in [0.1, 0.15) is 49.9 Å². The molecule has 2 nitrogen and oxygen atoms in total. The molecule has 1 heterocycles. The predicted octanol–water partition coefficient (Wildman–Crippen LogP) is 14.1. The van der Waals surface area contributed by atoms with Crippen LogP contribution in [-0.4, -0.2) is 9.97 Å². The normalized spacial score (nSPS) is 14.4. The van der Waals surface area contributed by atoms with Gasteiger partial charge in [0.25, 0.3) is 0 Å². The van der Waals surface area contributed by atoms with Crippen molar-refractivity contribution in [2.75, 3.05) is 0 Å². The standard InChI is InChI=1S/C54H40N2/c1-53(2)46-24-13-12-21-40(46)41-27-26-35(31-47(41)53)49-32-48(34-16-6-5-7-17-34)55-52(56-49)45-30-29-39(37-19-10-11-20-38(37)45)42-22-14-23-43-44-28-25-33-15-8-9-18-36(33)50(44)54(3,4)51(42)43/h5-32H,1-4H3. The molecule has 1 aromatic heterocycles. The molecule has 266 valence electrons. The van der Waals surface area contributed by atoms with E-state index in [4.69, 9.17) is 9.97 Å². The minimum atomic E-state index is -0.185. The lowest BCUT2D eigenvalue weighted by Gasteiger charge is -2.26. The second kappa shape index (κ2) is 11.9. The summed E-state index contributed by atoms with van der Waals surface area (Å²) in [7, 11) is 0. The molecule has 56 heavy (non-hydrogen) atoms. The molecule has 0 amide bonds. The molecule has 9 aromatic rings. The van der Waals surface area contributed by atoms with Gasteiger partial charge in [0.2, 0.25) is 0 Å².